The number of piperidine rings is 1. The standard InChI is InChI=1S/C29H27ClFN3O4/c1-29(21-8-7-19(30)15-22(21)31)37-25-5-3-4-20(27(25)38-29)17-10-12-34(13-11-17)16-26-32-23-9-6-18(28(35)36)14-24(23)33(26)2/h3-9,14-15,17H,10-13,16H2,1-2H3,(H,35,36). The number of likely N-dealkylation sites (tertiary alicyclic amines) is 1. The molecule has 1 fully saturated rings. The van der Waals surface area contributed by atoms with E-state index < -0.39 is 17.6 Å². The molecule has 1 unspecified atom stereocenters. The van der Waals surface area contributed by atoms with Crippen molar-refractivity contribution in [1.82, 2.24) is 14.5 Å². The average Bonchev–Trinajstić information content (AvgIpc) is 3.40. The largest absolute Gasteiger partial charge is 0.478 e. The number of benzene rings is 3. The van der Waals surface area contributed by atoms with E-state index in [2.05, 4.69) is 11.0 Å². The van der Waals surface area contributed by atoms with Crippen LogP contribution in [0, 0.1) is 5.82 Å². The Kier molecular flexibility index (Phi) is 6.04. The van der Waals surface area contributed by atoms with E-state index in [1.807, 2.05) is 23.7 Å². The Morgan fingerprint density at radius 2 is 1.95 bits per heavy atom. The first-order chi connectivity index (χ1) is 18.2. The fourth-order valence-electron chi connectivity index (χ4n) is 5.55. The maximum Gasteiger partial charge on any atom is 0.335 e. The van der Waals surface area contributed by atoms with Crippen LogP contribution < -0.4 is 9.47 Å². The van der Waals surface area contributed by atoms with Crippen LogP contribution in [0.25, 0.3) is 11.0 Å². The molecule has 4 aromatic rings. The molecule has 0 bridgehead atoms. The van der Waals surface area contributed by atoms with Crippen molar-refractivity contribution in [2.45, 2.75) is 38.0 Å². The maximum absolute atomic E-state index is 14.7. The lowest BCUT2D eigenvalue weighted by molar-refractivity contribution is -0.0712. The summed E-state index contributed by atoms with van der Waals surface area (Å²) in [7, 11) is 1.92. The summed E-state index contributed by atoms with van der Waals surface area (Å²) in [6.45, 7) is 4.16. The molecule has 2 aliphatic heterocycles. The minimum atomic E-state index is -1.27. The molecule has 0 aliphatic carbocycles. The SMILES string of the molecule is Cn1c(CN2CCC(c3cccc4c3OC(C)(c3ccc(Cl)cc3F)O4)CC2)nc2ccc(C(=O)O)cc21. The number of hydrogen-bond acceptors (Lipinski definition) is 5. The number of halogens is 2. The number of carboxylic acids is 1. The molecule has 196 valence electrons. The predicted molar refractivity (Wildman–Crippen MR) is 141 cm³/mol. The zero-order chi connectivity index (χ0) is 26.6. The van der Waals surface area contributed by atoms with Gasteiger partial charge in [0.2, 0.25) is 0 Å². The van der Waals surface area contributed by atoms with Crippen molar-refractivity contribution in [1.29, 1.82) is 0 Å². The molecule has 38 heavy (non-hydrogen) atoms. The summed E-state index contributed by atoms with van der Waals surface area (Å²) < 4.78 is 29.1. The molecule has 2 aliphatic rings. The average molecular weight is 536 g/mol. The number of hydrogen-bond donors (Lipinski definition) is 1. The van der Waals surface area contributed by atoms with Gasteiger partial charge in [-0.3, -0.25) is 4.90 Å². The lowest BCUT2D eigenvalue weighted by atomic mass is 9.88. The molecule has 1 atom stereocenters. The van der Waals surface area contributed by atoms with Crippen LogP contribution in [-0.2, 0) is 19.4 Å². The molecule has 0 amide bonds. The van der Waals surface area contributed by atoms with Gasteiger partial charge in [0, 0.05) is 24.6 Å². The summed E-state index contributed by atoms with van der Waals surface area (Å²) in [5.74, 6) is -0.218. The lowest BCUT2D eigenvalue weighted by Crippen LogP contribution is -2.34. The van der Waals surface area contributed by atoms with Crippen molar-refractivity contribution in [3.63, 3.8) is 0 Å². The van der Waals surface area contributed by atoms with Crippen LogP contribution in [0.2, 0.25) is 5.02 Å². The van der Waals surface area contributed by atoms with Gasteiger partial charge in [-0.1, -0.05) is 23.7 Å². The molecular formula is C29H27ClFN3O4. The van der Waals surface area contributed by atoms with Gasteiger partial charge in [-0.05, 0) is 74.3 Å². The molecule has 3 heterocycles. The molecule has 0 radical (unpaired) electrons. The van der Waals surface area contributed by atoms with E-state index in [1.54, 1.807) is 37.3 Å². The van der Waals surface area contributed by atoms with Crippen LogP contribution >= 0.6 is 11.6 Å². The van der Waals surface area contributed by atoms with Gasteiger partial charge in [-0.2, -0.15) is 0 Å². The Bertz CT molecular complexity index is 1560. The third-order valence-corrected chi connectivity index (χ3v) is 7.88. The predicted octanol–water partition coefficient (Wildman–Crippen LogP) is 6.09. The Labute approximate surface area is 224 Å². The summed E-state index contributed by atoms with van der Waals surface area (Å²) in [5.41, 5.74) is 3.23. The molecule has 9 heteroatoms. The van der Waals surface area contributed by atoms with Crippen molar-refractivity contribution in [3.05, 3.63) is 88.0 Å². The lowest BCUT2D eigenvalue weighted by Gasteiger charge is -2.32. The molecule has 7 nitrogen and oxygen atoms in total. The number of carboxylic acid groups (broad SMARTS) is 1. The zero-order valence-electron chi connectivity index (χ0n) is 21.1. The number of aryl methyl sites for hydroxylation is 1. The maximum atomic E-state index is 14.7. The quantitative estimate of drug-likeness (QED) is 0.333. The minimum absolute atomic E-state index is 0.254. The van der Waals surface area contributed by atoms with E-state index in [-0.39, 0.29) is 11.5 Å². The fraction of sp³-hybridized carbons (Fsp3) is 0.310. The third-order valence-electron chi connectivity index (χ3n) is 7.64. The van der Waals surface area contributed by atoms with Crippen molar-refractivity contribution in [2.75, 3.05) is 13.1 Å². The highest BCUT2D eigenvalue weighted by Crippen LogP contribution is 2.49. The number of rotatable bonds is 5. The second-order valence-electron chi connectivity index (χ2n) is 10.1. The molecular weight excluding hydrogens is 509 g/mol. The first-order valence-corrected chi connectivity index (χ1v) is 13.0. The van der Waals surface area contributed by atoms with Crippen LogP contribution in [0.4, 0.5) is 4.39 Å². The summed E-state index contributed by atoms with van der Waals surface area (Å²) >= 11 is 5.94. The van der Waals surface area contributed by atoms with E-state index >= 15 is 0 Å². The minimum Gasteiger partial charge on any atom is -0.478 e. The van der Waals surface area contributed by atoms with E-state index in [4.69, 9.17) is 26.1 Å². The molecule has 1 N–H and O–H groups in total. The van der Waals surface area contributed by atoms with Gasteiger partial charge in [-0.25, -0.2) is 14.2 Å². The second kappa shape index (κ2) is 9.29. The second-order valence-corrected chi connectivity index (χ2v) is 10.5. The summed E-state index contributed by atoms with van der Waals surface area (Å²) in [4.78, 5) is 18.5. The highest BCUT2D eigenvalue weighted by atomic mass is 35.5. The van der Waals surface area contributed by atoms with Crippen molar-refractivity contribution in [3.8, 4) is 11.5 Å². The summed E-state index contributed by atoms with van der Waals surface area (Å²) in [5, 5.41) is 9.63. The Hall–Kier alpha value is -3.62. The number of para-hydroxylation sites is 1. The highest BCUT2D eigenvalue weighted by Gasteiger charge is 2.43. The first kappa shape index (κ1) is 24.7. The van der Waals surface area contributed by atoms with Crippen LogP contribution in [0.5, 0.6) is 11.5 Å². The number of carbonyl (C=O) groups is 1. The monoisotopic (exact) mass is 535 g/mol. The molecule has 0 spiro atoms. The zero-order valence-corrected chi connectivity index (χ0v) is 21.8. The van der Waals surface area contributed by atoms with Crippen LogP contribution in [0.15, 0.2) is 54.6 Å². The number of nitrogens with zero attached hydrogens (tertiary/aromatic N) is 3. The topological polar surface area (TPSA) is 76.8 Å². The van der Waals surface area contributed by atoms with Gasteiger partial charge in [0.1, 0.15) is 11.6 Å². The van der Waals surface area contributed by atoms with E-state index in [0.717, 1.165) is 48.4 Å². The van der Waals surface area contributed by atoms with Crippen molar-refractivity contribution < 1.29 is 23.8 Å². The van der Waals surface area contributed by atoms with E-state index in [1.165, 1.54) is 6.07 Å². The van der Waals surface area contributed by atoms with E-state index in [0.29, 0.717) is 28.6 Å². The number of fused-ring (bicyclic) bond motifs is 2. The Balaban J connectivity index is 1.17. The normalized spacial score (nSPS) is 19.8. The molecule has 0 saturated carbocycles. The van der Waals surface area contributed by atoms with Gasteiger partial charge in [-0.15, -0.1) is 0 Å². The van der Waals surface area contributed by atoms with Crippen LogP contribution in [0.1, 0.15) is 53.0 Å². The Morgan fingerprint density at radius 3 is 2.68 bits per heavy atom. The Morgan fingerprint density at radius 1 is 1.16 bits per heavy atom. The van der Waals surface area contributed by atoms with Gasteiger partial charge in [0.25, 0.3) is 5.79 Å². The van der Waals surface area contributed by atoms with Crippen molar-refractivity contribution >= 4 is 28.6 Å². The van der Waals surface area contributed by atoms with Gasteiger partial charge in [0.05, 0.1) is 28.7 Å². The summed E-state index contributed by atoms with van der Waals surface area (Å²) in [6, 6.07) is 15.4. The number of imidazole rings is 1. The first-order valence-electron chi connectivity index (χ1n) is 12.6. The highest BCUT2D eigenvalue weighted by molar-refractivity contribution is 6.30. The summed E-state index contributed by atoms with van der Waals surface area (Å²) in [6.07, 6.45) is 1.86. The molecule has 6 rings (SSSR count). The third kappa shape index (κ3) is 4.27. The number of ether oxygens (including phenoxy) is 2. The molecule has 1 aromatic heterocycles. The van der Waals surface area contributed by atoms with Crippen molar-refractivity contribution in [2.24, 2.45) is 7.05 Å². The van der Waals surface area contributed by atoms with E-state index in [9.17, 15) is 14.3 Å². The molecule has 1 saturated heterocycles. The number of aromatic carboxylic acids is 1. The fourth-order valence-corrected chi connectivity index (χ4v) is 5.71. The van der Waals surface area contributed by atoms with Gasteiger partial charge in [0.15, 0.2) is 11.5 Å². The van der Waals surface area contributed by atoms with Crippen LogP contribution in [0.3, 0.4) is 0 Å². The molecule has 3 aromatic carbocycles. The van der Waals surface area contributed by atoms with Crippen LogP contribution in [-0.4, -0.2) is 38.6 Å². The number of aromatic nitrogens is 2. The van der Waals surface area contributed by atoms with Gasteiger partial charge >= 0.3 is 5.97 Å². The smallest absolute Gasteiger partial charge is 0.335 e. The van der Waals surface area contributed by atoms with Gasteiger partial charge < -0.3 is 19.1 Å².